The molecule has 19 heavy (non-hydrogen) atoms. The van der Waals surface area contributed by atoms with Crippen LogP contribution in [0.25, 0.3) is 0 Å². The van der Waals surface area contributed by atoms with Crippen molar-refractivity contribution in [3.8, 4) is 5.75 Å². The summed E-state index contributed by atoms with van der Waals surface area (Å²) in [7, 11) is 5.68. The fraction of sp³-hybridized carbons (Fsp3) is 0.133. The number of hydrogen-bond donors (Lipinski definition) is 0. The van der Waals surface area contributed by atoms with E-state index in [0.717, 1.165) is 5.75 Å². The molecule has 2 aromatic rings. The largest absolute Gasteiger partial charge is 0.494 e. The minimum absolute atomic E-state index is 0.152. The number of carbonyl (C=O) groups is 1. The zero-order valence-corrected chi connectivity index (χ0v) is 11.3. The van der Waals surface area contributed by atoms with Gasteiger partial charge in [0.25, 0.3) is 0 Å². The van der Waals surface area contributed by atoms with E-state index in [2.05, 4.69) is 0 Å². The van der Waals surface area contributed by atoms with E-state index in [-0.39, 0.29) is 5.78 Å². The molecule has 0 aliphatic heterocycles. The molecule has 0 bridgehead atoms. The van der Waals surface area contributed by atoms with E-state index < -0.39 is 0 Å². The monoisotopic (exact) mass is 270 g/mol. The summed E-state index contributed by atoms with van der Waals surface area (Å²) in [6.45, 7) is 2.50. The van der Waals surface area contributed by atoms with Crippen LogP contribution in [-0.4, -0.2) is 20.2 Å². The maximum absolute atomic E-state index is 12.3. The summed E-state index contributed by atoms with van der Waals surface area (Å²) in [4.78, 5) is 12.3. The van der Waals surface area contributed by atoms with Crippen molar-refractivity contribution in [2.75, 3.05) is 6.61 Å². The molecule has 0 unspecified atom stereocenters. The Kier molecular flexibility index (Phi) is 4.28. The molecular formula is C15H12BClO2. The highest BCUT2D eigenvalue weighted by Crippen LogP contribution is 2.20. The fourth-order valence-corrected chi connectivity index (χ4v) is 1.94. The second kappa shape index (κ2) is 5.94. The molecule has 0 fully saturated rings. The molecule has 94 valence electrons. The molecular weight excluding hydrogens is 258 g/mol. The first-order chi connectivity index (χ1) is 9.11. The third kappa shape index (κ3) is 3.18. The molecule has 2 nitrogen and oxygen atoms in total. The summed E-state index contributed by atoms with van der Waals surface area (Å²) in [5.74, 6) is 0.582. The predicted molar refractivity (Wildman–Crippen MR) is 77.9 cm³/mol. The highest BCUT2D eigenvalue weighted by molar-refractivity contribution is 6.37. The lowest BCUT2D eigenvalue weighted by atomic mass is 9.92. The smallest absolute Gasteiger partial charge is 0.194 e. The molecule has 2 aromatic carbocycles. The topological polar surface area (TPSA) is 26.3 Å². The summed E-state index contributed by atoms with van der Waals surface area (Å²) in [5.41, 5.74) is 1.47. The van der Waals surface area contributed by atoms with E-state index in [4.69, 9.17) is 24.2 Å². The molecule has 0 saturated heterocycles. The van der Waals surface area contributed by atoms with Gasteiger partial charge < -0.3 is 4.74 Å². The summed E-state index contributed by atoms with van der Waals surface area (Å²) >= 11 is 6.02. The molecule has 0 aromatic heterocycles. The van der Waals surface area contributed by atoms with Crippen molar-refractivity contribution in [1.29, 1.82) is 0 Å². The van der Waals surface area contributed by atoms with E-state index in [0.29, 0.717) is 28.2 Å². The van der Waals surface area contributed by atoms with Crippen molar-refractivity contribution in [3.63, 3.8) is 0 Å². The number of hydrogen-bond acceptors (Lipinski definition) is 2. The number of benzene rings is 2. The summed E-state index contributed by atoms with van der Waals surface area (Å²) in [6.07, 6.45) is 0. The number of ether oxygens (including phenoxy) is 1. The number of ketones is 1. The van der Waals surface area contributed by atoms with Gasteiger partial charge in [-0.05, 0) is 37.3 Å². The Hall–Kier alpha value is -1.74. The highest BCUT2D eigenvalue weighted by atomic mass is 35.5. The first-order valence-electron chi connectivity index (χ1n) is 5.94. The van der Waals surface area contributed by atoms with Crippen LogP contribution in [-0.2, 0) is 0 Å². The van der Waals surface area contributed by atoms with Gasteiger partial charge in [0.2, 0.25) is 0 Å². The van der Waals surface area contributed by atoms with Gasteiger partial charge in [0, 0.05) is 11.1 Å². The maximum atomic E-state index is 12.3. The van der Waals surface area contributed by atoms with Gasteiger partial charge in [0.15, 0.2) is 5.78 Å². The quantitative estimate of drug-likeness (QED) is 0.631. The Bertz CT molecular complexity index is 594. The van der Waals surface area contributed by atoms with E-state index in [1.54, 1.807) is 42.5 Å². The van der Waals surface area contributed by atoms with Crippen LogP contribution in [0.2, 0.25) is 5.02 Å². The van der Waals surface area contributed by atoms with Gasteiger partial charge in [0.05, 0.1) is 11.6 Å². The lowest BCUT2D eigenvalue weighted by Crippen LogP contribution is -2.09. The Morgan fingerprint density at radius 2 is 1.89 bits per heavy atom. The van der Waals surface area contributed by atoms with E-state index in [1.807, 2.05) is 6.92 Å². The van der Waals surface area contributed by atoms with E-state index >= 15 is 0 Å². The normalized spacial score (nSPS) is 10.2. The van der Waals surface area contributed by atoms with Crippen molar-refractivity contribution in [2.24, 2.45) is 0 Å². The van der Waals surface area contributed by atoms with Crippen LogP contribution in [0.5, 0.6) is 5.75 Å². The molecule has 2 rings (SSSR count). The van der Waals surface area contributed by atoms with Crippen molar-refractivity contribution in [3.05, 3.63) is 58.6 Å². The second-order valence-electron chi connectivity index (χ2n) is 4.03. The highest BCUT2D eigenvalue weighted by Gasteiger charge is 2.12. The lowest BCUT2D eigenvalue weighted by Gasteiger charge is -2.07. The third-order valence-corrected chi connectivity index (χ3v) is 2.99. The predicted octanol–water partition coefficient (Wildman–Crippen LogP) is 2.76. The van der Waals surface area contributed by atoms with Crippen LogP contribution < -0.4 is 10.2 Å². The zero-order valence-electron chi connectivity index (χ0n) is 10.5. The lowest BCUT2D eigenvalue weighted by molar-refractivity contribution is 0.103. The molecule has 0 aliphatic rings. The number of carbonyl (C=O) groups excluding carboxylic acids is 1. The number of halogens is 1. The van der Waals surface area contributed by atoms with Crippen LogP contribution >= 0.6 is 11.6 Å². The second-order valence-corrected chi connectivity index (χ2v) is 4.43. The summed E-state index contributed by atoms with van der Waals surface area (Å²) in [6, 6.07) is 11.8. The molecule has 0 saturated carbocycles. The van der Waals surface area contributed by atoms with Crippen LogP contribution in [0.1, 0.15) is 22.8 Å². The number of rotatable bonds is 4. The molecule has 4 heteroatoms. The Morgan fingerprint density at radius 3 is 2.53 bits per heavy atom. The molecule has 2 radical (unpaired) electrons. The van der Waals surface area contributed by atoms with Gasteiger partial charge in [-0.3, -0.25) is 4.79 Å². The summed E-state index contributed by atoms with van der Waals surface area (Å²) in [5, 5.41) is 0.396. The fourth-order valence-electron chi connectivity index (χ4n) is 1.74. The SMILES string of the molecule is [B]c1ccc(Cl)c(C(=O)c2ccc(OCC)cc2)c1. The van der Waals surface area contributed by atoms with Crippen LogP contribution in [0, 0.1) is 0 Å². The van der Waals surface area contributed by atoms with E-state index in [1.165, 1.54) is 0 Å². The van der Waals surface area contributed by atoms with Crippen molar-refractivity contribution >= 4 is 30.7 Å². The van der Waals surface area contributed by atoms with Crippen LogP contribution in [0.15, 0.2) is 42.5 Å². The van der Waals surface area contributed by atoms with Crippen LogP contribution in [0.4, 0.5) is 0 Å². The molecule has 0 heterocycles. The van der Waals surface area contributed by atoms with Gasteiger partial charge >= 0.3 is 0 Å². The first-order valence-corrected chi connectivity index (χ1v) is 6.32. The molecule has 0 atom stereocenters. The maximum Gasteiger partial charge on any atom is 0.194 e. The standard InChI is InChI=1S/C15H12BClO2/c1-2-19-12-6-3-10(4-7-12)15(18)13-9-11(16)5-8-14(13)17/h3-9H,2H2,1H3. The zero-order chi connectivity index (χ0) is 13.8. The Balaban J connectivity index is 2.30. The average Bonchev–Trinajstić information content (AvgIpc) is 2.42. The molecule has 0 spiro atoms. The molecule has 0 N–H and O–H groups in total. The minimum Gasteiger partial charge on any atom is -0.494 e. The van der Waals surface area contributed by atoms with Gasteiger partial charge in [0.1, 0.15) is 13.6 Å². The van der Waals surface area contributed by atoms with Crippen molar-refractivity contribution in [2.45, 2.75) is 6.92 Å². The van der Waals surface area contributed by atoms with Gasteiger partial charge in [-0.25, -0.2) is 0 Å². The first kappa shape index (κ1) is 13.7. The van der Waals surface area contributed by atoms with Crippen molar-refractivity contribution in [1.82, 2.24) is 0 Å². The van der Waals surface area contributed by atoms with Gasteiger partial charge in [-0.2, -0.15) is 0 Å². The third-order valence-electron chi connectivity index (χ3n) is 2.66. The average molecular weight is 271 g/mol. The molecule has 0 aliphatic carbocycles. The molecule has 0 amide bonds. The minimum atomic E-state index is -0.152. The van der Waals surface area contributed by atoms with Crippen molar-refractivity contribution < 1.29 is 9.53 Å². The Labute approximate surface area is 118 Å². The summed E-state index contributed by atoms with van der Waals surface area (Å²) < 4.78 is 5.33. The van der Waals surface area contributed by atoms with E-state index in [9.17, 15) is 4.79 Å². The van der Waals surface area contributed by atoms with Crippen LogP contribution in [0.3, 0.4) is 0 Å². The van der Waals surface area contributed by atoms with Gasteiger partial charge in [-0.15, -0.1) is 0 Å². The Morgan fingerprint density at radius 1 is 1.21 bits per heavy atom. The van der Waals surface area contributed by atoms with Gasteiger partial charge in [-0.1, -0.05) is 29.2 Å².